The van der Waals surface area contributed by atoms with Gasteiger partial charge in [0.15, 0.2) is 6.29 Å². The third-order valence-electron chi connectivity index (χ3n) is 3.11. The van der Waals surface area contributed by atoms with Gasteiger partial charge in [-0.2, -0.15) is 0 Å². The van der Waals surface area contributed by atoms with E-state index in [9.17, 15) is 0 Å². The van der Waals surface area contributed by atoms with Crippen LogP contribution in [0, 0.1) is 11.8 Å². The van der Waals surface area contributed by atoms with Crippen LogP contribution < -0.4 is 0 Å². The largest absolute Gasteiger partial charge is 0.350 e. The Morgan fingerprint density at radius 2 is 2.00 bits per heavy atom. The van der Waals surface area contributed by atoms with Crippen LogP contribution in [0.15, 0.2) is 11.6 Å². The molecule has 1 saturated heterocycles. The fourth-order valence-electron chi connectivity index (χ4n) is 2.32. The SMILES string of the molecule is CC1=CC[C@H](C2OCCO2)[C@@H](C)C1. The van der Waals surface area contributed by atoms with Crippen LogP contribution in [0.2, 0.25) is 0 Å². The summed E-state index contributed by atoms with van der Waals surface area (Å²) in [4.78, 5) is 0. The maximum atomic E-state index is 5.55. The molecule has 74 valence electrons. The minimum Gasteiger partial charge on any atom is -0.350 e. The normalized spacial score (nSPS) is 36.3. The van der Waals surface area contributed by atoms with E-state index in [1.54, 1.807) is 0 Å². The fraction of sp³-hybridized carbons (Fsp3) is 0.818. The first-order valence-electron chi connectivity index (χ1n) is 5.16. The van der Waals surface area contributed by atoms with Crippen LogP contribution in [0.5, 0.6) is 0 Å². The molecule has 0 radical (unpaired) electrons. The fourth-order valence-corrected chi connectivity index (χ4v) is 2.32. The molecule has 0 aromatic carbocycles. The molecule has 0 bridgehead atoms. The monoisotopic (exact) mass is 182 g/mol. The highest BCUT2D eigenvalue weighted by molar-refractivity contribution is 5.05. The zero-order chi connectivity index (χ0) is 9.26. The summed E-state index contributed by atoms with van der Waals surface area (Å²) in [6.45, 7) is 6.06. The second-order valence-electron chi connectivity index (χ2n) is 4.24. The molecule has 0 saturated carbocycles. The number of ether oxygens (including phenoxy) is 2. The lowest BCUT2D eigenvalue weighted by Gasteiger charge is -2.30. The molecule has 2 atom stereocenters. The Bertz CT molecular complexity index is 204. The molecule has 1 heterocycles. The topological polar surface area (TPSA) is 18.5 Å². The lowest BCUT2D eigenvalue weighted by Crippen LogP contribution is -2.29. The van der Waals surface area contributed by atoms with Crippen LogP contribution in [0.4, 0.5) is 0 Å². The second kappa shape index (κ2) is 3.81. The summed E-state index contributed by atoms with van der Waals surface area (Å²) in [5, 5.41) is 0. The Labute approximate surface area is 79.9 Å². The van der Waals surface area contributed by atoms with Crippen LogP contribution in [0.3, 0.4) is 0 Å². The highest BCUT2D eigenvalue weighted by atomic mass is 16.7. The molecule has 2 rings (SSSR count). The summed E-state index contributed by atoms with van der Waals surface area (Å²) < 4.78 is 11.1. The summed E-state index contributed by atoms with van der Waals surface area (Å²) in [6, 6.07) is 0. The van der Waals surface area contributed by atoms with Crippen molar-refractivity contribution >= 4 is 0 Å². The van der Waals surface area contributed by atoms with Crippen molar-refractivity contribution in [3.8, 4) is 0 Å². The van der Waals surface area contributed by atoms with Gasteiger partial charge in [0.25, 0.3) is 0 Å². The number of hydrogen-bond acceptors (Lipinski definition) is 2. The van der Waals surface area contributed by atoms with Gasteiger partial charge in [0.2, 0.25) is 0 Å². The van der Waals surface area contributed by atoms with E-state index in [1.807, 2.05) is 0 Å². The molecular weight excluding hydrogens is 164 g/mol. The van der Waals surface area contributed by atoms with Crippen LogP contribution in [-0.4, -0.2) is 19.5 Å². The van der Waals surface area contributed by atoms with Gasteiger partial charge < -0.3 is 9.47 Å². The maximum Gasteiger partial charge on any atom is 0.161 e. The van der Waals surface area contributed by atoms with E-state index in [-0.39, 0.29) is 6.29 Å². The van der Waals surface area contributed by atoms with Crippen molar-refractivity contribution in [2.75, 3.05) is 13.2 Å². The number of rotatable bonds is 1. The van der Waals surface area contributed by atoms with E-state index >= 15 is 0 Å². The molecule has 0 aromatic rings. The maximum absolute atomic E-state index is 5.55. The first-order chi connectivity index (χ1) is 6.27. The zero-order valence-electron chi connectivity index (χ0n) is 8.45. The Kier molecular flexibility index (Phi) is 2.70. The van der Waals surface area contributed by atoms with Crippen LogP contribution in [0.1, 0.15) is 26.7 Å². The quantitative estimate of drug-likeness (QED) is 0.579. The molecule has 13 heavy (non-hydrogen) atoms. The van der Waals surface area contributed by atoms with E-state index in [1.165, 1.54) is 12.0 Å². The second-order valence-corrected chi connectivity index (χ2v) is 4.24. The van der Waals surface area contributed by atoms with Crippen molar-refractivity contribution in [1.82, 2.24) is 0 Å². The Hall–Kier alpha value is -0.340. The minimum atomic E-state index is 0.0688. The summed E-state index contributed by atoms with van der Waals surface area (Å²) in [5.74, 6) is 1.28. The average molecular weight is 182 g/mol. The molecule has 1 aliphatic heterocycles. The highest BCUT2D eigenvalue weighted by Gasteiger charge is 2.32. The first-order valence-corrected chi connectivity index (χ1v) is 5.16. The predicted molar refractivity (Wildman–Crippen MR) is 51.3 cm³/mol. The van der Waals surface area contributed by atoms with Gasteiger partial charge in [0.1, 0.15) is 0 Å². The summed E-state index contributed by atoms with van der Waals surface area (Å²) in [5.41, 5.74) is 1.52. The number of hydrogen-bond donors (Lipinski definition) is 0. The molecule has 0 aromatic heterocycles. The predicted octanol–water partition coefficient (Wildman–Crippen LogP) is 2.35. The zero-order valence-corrected chi connectivity index (χ0v) is 8.45. The van der Waals surface area contributed by atoms with Gasteiger partial charge in [0.05, 0.1) is 13.2 Å². The molecule has 1 fully saturated rings. The van der Waals surface area contributed by atoms with Gasteiger partial charge in [-0.15, -0.1) is 0 Å². The third-order valence-corrected chi connectivity index (χ3v) is 3.11. The standard InChI is InChI=1S/C11H18O2/c1-8-3-4-10(9(2)7-8)11-12-5-6-13-11/h3,9-11H,4-7H2,1-2H3/t9-,10-/m0/s1. The van der Waals surface area contributed by atoms with Crippen molar-refractivity contribution in [2.45, 2.75) is 33.0 Å². The van der Waals surface area contributed by atoms with E-state index in [0.29, 0.717) is 11.8 Å². The van der Waals surface area contributed by atoms with Crippen molar-refractivity contribution in [3.05, 3.63) is 11.6 Å². The van der Waals surface area contributed by atoms with E-state index < -0.39 is 0 Å². The summed E-state index contributed by atoms with van der Waals surface area (Å²) in [7, 11) is 0. The number of allylic oxidation sites excluding steroid dienone is 2. The summed E-state index contributed by atoms with van der Waals surface area (Å²) in [6.07, 6.45) is 4.72. The highest BCUT2D eigenvalue weighted by Crippen LogP contribution is 2.34. The van der Waals surface area contributed by atoms with E-state index in [4.69, 9.17) is 9.47 Å². The molecular formula is C11H18O2. The van der Waals surface area contributed by atoms with Crippen LogP contribution in [0.25, 0.3) is 0 Å². The summed E-state index contributed by atoms with van der Waals surface area (Å²) >= 11 is 0. The molecule has 2 heteroatoms. The van der Waals surface area contributed by atoms with Crippen molar-refractivity contribution in [2.24, 2.45) is 11.8 Å². The molecule has 2 aliphatic rings. The van der Waals surface area contributed by atoms with Gasteiger partial charge in [-0.3, -0.25) is 0 Å². The van der Waals surface area contributed by atoms with Crippen LogP contribution in [-0.2, 0) is 9.47 Å². The van der Waals surface area contributed by atoms with E-state index in [2.05, 4.69) is 19.9 Å². The van der Waals surface area contributed by atoms with Crippen molar-refractivity contribution in [3.63, 3.8) is 0 Å². The average Bonchev–Trinajstić information content (AvgIpc) is 2.56. The van der Waals surface area contributed by atoms with Crippen molar-refractivity contribution < 1.29 is 9.47 Å². The minimum absolute atomic E-state index is 0.0688. The van der Waals surface area contributed by atoms with Gasteiger partial charge in [-0.1, -0.05) is 18.6 Å². The van der Waals surface area contributed by atoms with Gasteiger partial charge in [0, 0.05) is 5.92 Å². The molecule has 0 unspecified atom stereocenters. The van der Waals surface area contributed by atoms with Gasteiger partial charge in [-0.25, -0.2) is 0 Å². The van der Waals surface area contributed by atoms with Gasteiger partial charge in [-0.05, 0) is 25.7 Å². The molecule has 0 amide bonds. The molecule has 0 spiro atoms. The Balaban J connectivity index is 1.99. The molecule has 2 nitrogen and oxygen atoms in total. The molecule has 1 aliphatic carbocycles. The lowest BCUT2D eigenvalue weighted by molar-refractivity contribution is -0.0980. The Morgan fingerprint density at radius 1 is 1.31 bits per heavy atom. The molecule has 0 N–H and O–H groups in total. The smallest absolute Gasteiger partial charge is 0.161 e. The van der Waals surface area contributed by atoms with Gasteiger partial charge >= 0.3 is 0 Å². The lowest BCUT2D eigenvalue weighted by atomic mass is 9.81. The first kappa shape index (κ1) is 9.22. The van der Waals surface area contributed by atoms with E-state index in [0.717, 1.165) is 19.6 Å². The van der Waals surface area contributed by atoms with Crippen LogP contribution >= 0.6 is 0 Å². The third kappa shape index (κ3) is 1.94. The Morgan fingerprint density at radius 3 is 2.62 bits per heavy atom. The van der Waals surface area contributed by atoms with Crippen molar-refractivity contribution in [1.29, 1.82) is 0 Å².